The van der Waals surface area contributed by atoms with Crippen LogP contribution in [-0.4, -0.2) is 0 Å². The average Bonchev–Trinajstić information content (AvgIpc) is 3.62. The third kappa shape index (κ3) is 0.267. The van der Waals surface area contributed by atoms with Crippen LogP contribution in [0.25, 0.3) is 0 Å². The Balaban J connectivity index is 0.931. The standard InChI is InChI=1S/C21H37.C5H5.Fe/c1-3-5-7-9-11-13-15-20-17-18-21(19-20)16-14-12-10-8-6-4-2;1-2-4-5-3-1;/h17-19H,3-16H2,1-2H3;1-5H;. The van der Waals surface area contributed by atoms with Crippen molar-refractivity contribution in [1.82, 2.24) is 0 Å². The second-order valence-electron chi connectivity index (χ2n) is 15.1. The van der Waals surface area contributed by atoms with Gasteiger partial charge in [-0.1, -0.05) is 0 Å². The molecular weight excluding hydrogens is 368 g/mol. The Kier molecular flexibility index (Phi) is 1.02. The molecule has 10 rings (SSSR count). The molecule has 0 bridgehead atoms. The summed E-state index contributed by atoms with van der Waals surface area (Å²) in [6.45, 7) is 1.75. The average molecular weight is 410 g/mol. The molecule has 0 N–H and O–H groups in total. The van der Waals surface area contributed by atoms with Crippen LogP contribution in [0.3, 0.4) is 0 Å². The fraction of sp³-hybridized carbons (Fsp3) is 1.00. The molecule has 1 spiro atoms. The Morgan fingerprint density at radius 1 is 0.519 bits per heavy atom. The summed E-state index contributed by atoms with van der Waals surface area (Å²) in [5.41, 5.74) is 0. The molecule has 27 heavy (non-hydrogen) atoms. The first-order valence-corrected chi connectivity index (χ1v) is 19.5. The molecule has 0 saturated carbocycles. The Morgan fingerprint density at radius 2 is 0.889 bits per heavy atom. The summed E-state index contributed by atoms with van der Waals surface area (Å²) in [5.74, 6) is 0. The third-order valence-electron chi connectivity index (χ3n) is 19.2. The Bertz CT molecular complexity index is 1050. The van der Waals surface area contributed by atoms with Crippen LogP contribution >= 0.6 is 0 Å². The molecule has 10 aliphatic heterocycles. The number of fused-ring (bicyclic) bond motifs is 10. The third-order valence-corrected chi connectivity index (χ3v) is 63.4. The van der Waals surface area contributed by atoms with Crippen molar-refractivity contribution in [1.29, 1.82) is 0 Å². The Hall–Kier alpha value is 0.519. The van der Waals surface area contributed by atoms with Gasteiger partial charge >= 0.3 is 157 Å². The predicted octanol–water partition coefficient (Wildman–Crippen LogP) is 9.62. The minimum absolute atomic E-state index is 1.20. The van der Waals surface area contributed by atoms with Crippen LogP contribution < -0.4 is 0 Å². The van der Waals surface area contributed by atoms with Crippen molar-refractivity contribution in [3.8, 4) is 0 Å². The van der Waals surface area contributed by atoms with Gasteiger partial charge in [-0.25, -0.2) is 0 Å². The predicted molar refractivity (Wildman–Crippen MR) is 111 cm³/mol. The van der Waals surface area contributed by atoms with Crippen LogP contribution in [-0.2, 0) is 6.51 Å². The van der Waals surface area contributed by atoms with Crippen LogP contribution in [0.1, 0.15) is 104 Å². The minimum atomic E-state index is -2.97. The van der Waals surface area contributed by atoms with Crippen molar-refractivity contribution < 1.29 is 6.51 Å². The first-order chi connectivity index (χ1) is 13.1. The van der Waals surface area contributed by atoms with Gasteiger partial charge in [-0.3, -0.25) is 0 Å². The van der Waals surface area contributed by atoms with Crippen molar-refractivity contribution in [2.24, 2.45) is 0 Å². The van der Waals surface area contributed by atoms with Gasteiger partial charge in [0.1, 0.15) is 0 Å². The number of hydrogen-bond donors (Lipinski definition) is 0. The van der Waals surface area contributed by atoms with Gasteiger partial charge in [0.15, 0.2) is 0 Å². The van der Waals surface area contributed by atoms with Crippen molar-refractivity contribution in [3.05, 3.63) is 0 Å². The first kappa shape index (κ1) is 14.5. The van der Waals surface area contributed by atoms with Crippen LogP contribution in [0.4, 0.5) is 0 Å². The number of unbranched alkanes of at least 4 members (excludes halogenated alkanes) is 10. The molecule has 1 heteroatoms. The first-order valence-electron chi connectivity index (χ1n) is 13.3. The molecule has 10 fully saturated rings. The molecule has 0 aromatic heterocycles. The van der Waals surface area contributed by atoms with E-state index in [1.807, 2.05) is 0 Å². The van der Waals surface area contributed by atoms with Crippen LogP contribution in [0.15, 0.2) is 0 Å². The monoisotopic (exact) mass is 410 g/mol. The van der Waals surface area contributed by atoms with Crippen molar-refractivity contribution in [2.45, 2.75) is 151 Å². The molecule has 4 atom stereocenters. The van der Waals surface area contributed by atoms with E-state index < -0.39 is 6.51 Å². The summed E-state index contributed by atoms with van der Waals surface area (Å²) in [7, 11) is 0. The summed E-state index contributed by atoms with van der Waals surface area (Å²) >= 11 is 0. The maximum absolute atomic E-state index is 2.97. The SMILES string of the molecule is CCCCCCCC[C]12[CH]3[CH]4[C]5(CCCCCCCC)[CH]1[Fe]34251678[CH]2[CH]1[CH]6[CH]7[CH]28. The Labute approximate surface area is 157 Å². The van der Waals surface area contributed by atoms with E-state index >= 15 is 0 Å². The van der Waals surface area contributed by atoms with E-state index in [2.05, 4.69) is 13.8 Å². The summed E-state index contributed by atoms with van der Waals surface area (Å²) in [6, 6.07) is 0. The fourth-order valence-electron chi connectivity index (χ4n) is 21.2. The molecule has 10 heterocycles. The van der Waals surface area contributed by atoms with Gasteiger partial charge in [0.05, 0.1) is 0 Å². The summed E-state index contributed by atoms with van der Waals surface area (Å²) in [6.07, 6.45) is 22.1. The molecule has 0 radical (unpaired) electrons. The quantitative estimate of drug-likeness (QED) is 0.197. The van der Waals surface area contributed by atoms with Gasteiger partial charge in [-0.2, -0.15) is 0 Å². The molecule has 10 saturated heterocycles. The van der Waals surface area contributed by atoms with Gasteiger partial charge in [0.2, 0.25) is 0 Å². The van der Waals surface area contributed by atoms with Gasteiger partial charge in [-0.05, 0) is 0 Å². The van der Waals surface area contributed by atoms with Gasteiger partial charge in [0.25, 0.3) is 0 Å². The van der Waals surface area contributed by atoms with Crippen molar-refractivity contribution in [3.63, 3.8) is 0 Å². The van der Waals surface area contributed by atoms with E-state index in [9.17, 15) is 0 Å². The molecule has 0 aliphatic carbocycles. The van der Waals surface area contributed by atoms with Gasteiger partial charge in [0, 0.05) is 0 Å². The van der Waals surface area contributed by atoms with Crippen LogP contribution in [0.2, 0.25) is 47.2 Å². The fourth-order valence-corrected chi connectivity index (χ4v) is 99.7. The van der Waals surface area contributed by atoms with E-state index in [4.69, 9.17) is 0 Å². The molecule has 4 unspecified atom stereocenters. The normalized spacial score (nSPS) is 82.3. The molecule has 154 valence electrons. The summed E-state index contributed by atoms with van der Waals surface area (Å²) in [4.78, 5) is 12.3. The zero-order valence-electron chi connectivity index (χ0n) is 17.9. The van der Waals surface area contributed by atoms with E-state index in [-0.39, 0.29) is 0 Å². The van der Waals surface area contributed by atoms with E-state index in [1.165, 1.54) is 85.7 Å². The second kappa shape index (κ2) is 1.89. The zero-order chi connectivity index (χ0) is 17.8. The maximum atomic E-state index is 2.36. The van der Waals surface area contributed by atoms with Gasteiger partial charge in [-0.15, -0.1) is 0 Å². The van der Waals surface area contributed by atoms with E-state index in [0.717, 1.165) is 0 Å². The Morgan fingerprint density at radius 3 is 1.22 bits per heavy atom. The molecule has 0 aromatic carbocycles. The molecule has 0 amide bonds. The van der Waals surface area contributed by atoms with Gasteiger partial charge < -0.3 is 0 Å². The topological polar surface area (TPSA) is 0 Å². The van der Waals surface area contributed by atoms with Crippen LogP contribution in [0, 0.1) is 0 Å². The molecule has 0 nitrogen and oxygen atoms in total. The van der Waals surface area contributed by atoms with E-state index in [0.29, 0.717) is 0 Å². The number of hydrogen-bond acceptors (Lipinski definition) is 0. The van der Waals surface area contributed by atoms with Crippen molar-refractivity contribution >= 4 is 0 Å². The molecule has 10 aliphatic rings. The number of rotatable bonds is 14. The zero-order valence-corrected chi connectivity index (χ0v) is 19.0. The molecule has 0 aromatic rings. The summed E-state index contributed by atoms with van der Waals surface area (Å²) in [5, 5.41) is 0. The summed E-state index contributed by atoms with van der Waals surface area (Å²) < 4.78 is 2.39. The second-order valence-corrected chi connectivity index (χ2v) is 38.6. The van der Waals surface area contributed by atoms with E-state index in [1.54, 1.807) is 51.4 Å². The van der Waals surface area contributed by atoms with Crippen LogP contribution in [0.5, 0.6) is 0 Å². The molecular formula is C26H42Fe. The van der Waals surface area contributed by atoms with Crippen molar-refractivity contribution in [2.75, 3.05) is 0 Å².